The third kappa shape index (κ3) is 4.47. The van der Waals surface area contributed by atoms with Gasteiger partial charge in [-0.05, 0) is 49.1 Å². The predicted octanol–water partition coefficient (Wildman–Crippen LogP) is 3.78. The number of aryl methyl sites for hydroxylation is 1. The molecule has 1 N–H and O–H groups in total. The maximum Gasteiger partial charge on any atom is 0.257 e. The molecule has 1 aromatic carbocycles. The highest BCUT2D eigenvalue weighted by molar-refractivity contribution is 6.04. The van der Waals surface area contributed by atoms with Crippen molar-refractivity contribution in [2.75, 3.05) is 5.32 Å². The number of nitrogens with zero attached hydrogens (tertiary/aromatic N) is 3. The largest absolute Gasteiger partial charge is 0.322 e. The van der Waals surface area contributed by atoms with Crippen molar-refractivity contribution in [3.63, 3.8) is 0 Å². The Labute approximate surface area is 147 Å². The van der Waals surface area contributed by atoms with Gasteiger partial charge in [-0.2, -0.15) is 0 Å². The zero-order valence-electron chi connectivity index (χ0n) is 14.3. The highest BCUT2D eigenvalue weighted by atomic mass is 16.1. The second-order valence-electron chi connectivity index (χ2n) is 6.07. The maximum absolute atomic E-state index is 12.3. The van der Waals surface area contributed by atoms with Gasteiger partial charge in [0.15, 0.2) is 0 Å². The number of carbonyl (C=O) groups is 1. The van der Waals surface area contributed by atoms with Crippen molar-refractivity contribution in [1.82, 2.24) is 15.0 Å². The molecule has 3 rings (SSSR count). The lowest BCUT2D eigenvalue weighted by atomic mass is 9.96. The summed E-state index contributed by atoms with van der Waals surface area (Å²) in [6.45, 7) is 4.03. The van der Waals surface area contributed by atoms with Gasteiger partial charge in [0.2, 0.25) is 0 Å². The first-order chi connectivity index (χ1) is 12.1. The Balaban J connectivity index is 1.70. The average molecular weight is 332 g/mol. The zero-order chi connectivity index (χ0) is 17.6. The SMILES string of the molecule is Cc1ccc(C(=O)Nc2cccc([C@H](C)Cc3cnccn3)c2)cn1. The van der Waals surface area contributed by atoms with E-state index in [-0.39, 0.29) is 11.8 Å². The summed E-state index contributed by atoms with van der Waals surface area (Å²) in [4.78, 5) is 24.9. The Morgan fingerprint density at radius 2 is 2.00 bits per heavy atom. The molecule has 0 spiro atoms. The molecular formula is C20H20N4O. The number of benzene rings is 1. The summed E-state index contributed by atoms with van der Waals surface area (Å²) in [5, 5.41) is 2.93. The molecule has 2 heterocycles. The van der Waals surface area contributed by atoms with Crippen LogP contribution in [0.4, 0.5) is 5.69 Å². The van der Waals surface area contributed by atoms with E-state index in [1.54, 1.807) is 30.9 Å². The number of pyridine rings is 1. The molecule has 2 aromatic heterocycles. The number of amides is 1. The van der Waals surface area contributed by atoms with E-state index in [0.717, 1.165) is 29.1 Å². The Morgan fingerprint density at radius 3 is 2.72 bits per heavy atom. The number of carbonyl (C=O) groups excluding carboxylic acids is 1. The predicted molar refractivity (Wildman–Crippen MR) is 97.5 cm³/mol. The second kappa shape index (κ2) is 7.66. The number of rotatable bonds is 5. The highest BCUT2D eigenvalue weighted by Gasteiger charge is 2.10. The number of hydrogen-bond donors (Lipinski definition) is 1. The summed E-state index contributed by atoms with van der Waals surface area (Å²) >= 11 is 0. The standard InChI is InChI=1S/C20H20N4O/c1-14(10-19-13-21-8-9-22-19)16-4-3-5-18(11-16)24-20(25)17-7-6-15(2)23-12-17/h3-9,11-14H,10H2,1-2H3,(H,24,25)/t14-/m1/s1. The van der Waals surface area contributed by atoms with E-state index >= 15 is 0 Å². The van der Waals surface area contributed by atoms with Crippen molar-refractivity contribution in [3.8, 4) is 0 Å². The van der Waals surface area contributed by atoms with Gasteiger partial charge < -0.3 is 5.32 Å². The molecule has 0 aliphatic rings. The molecule has 25 heavy (non-hydrogen) atoms. The number of aromatic nitrogens is 3. The lowest BCUT2D eigenvalue weighted by Crippen LogP contribution is -2.12. The molecule has 0 saturated carbocycles. The van der Waals surface area contributed by atoms with Crippen LogP contribution in [0.2, 0.25) is 0 Å². The van der Waals surface area contributed by atoms with Crippen LogP contribution in [0.15, 0.2) is 61.2 Å². The molecule has 1 amide bonds. The van der Waals surface area contributed by atoms with Gasteiger partial charge in [0.25, 0.3) is 5.91 Å². The monoisotopic (exact) mass is 332 g/mol. The minimum absolute atomic E-state index is 0.161. The van der Waals surface area contributed by atoms with Gasteiger partial charge in [0.05, 0.1) is 11.3 Å². The van der Waals surface area contributed by atoms with E-state index < -0.39 is 0 Å². The van der Waals surface area contributed by atoms with Crippen LogP contribution >= 0.6 is 0 Å². The fraction of sp³-hybridized carbons (Fsp3) is 0.200. The quantitative estimate of drug-likeness (QED) is 0.772. The van der Waals surface area contributed by atoms with E-state index in [1.165, 1.54) is 0 Å². The summed E-state index contributed by atoms with van der Waals surface area (Å²) in [5.74, 6) is 0.112. The third-order valence-electron chi connectivity index (χ3n) is 4.02. The second-order valence-corrected chi connectivity index (χ2v) is 6.07. The molecule has 0 bridgehead atoms. The van der Waals surface area contributed by atoms with Crippen LogP contribution < -0.4 is 5.32 Å². The minimum atomic E-state index is -0.161. The molecule has 0 saturated heterocycles. The van der Waals surface area contributed by atoms with E-state index in [4.69, 9.17) is 0 Å². The van der Waals surface area contributed by atoms with Crippen molar-refractivity contribution in [2.45, 2.75) is 26.2 Å². The molecule has 0 aliphatic carbocycles. The summed E-state index contributed by atoms with van der Waals surface area (Å²) < 4.78 is 0. The fourth-order valence-electron chi connectivity index (χ4n) is 2.60. The molecular weight excluding hydrogens is 312 g/mol. The fourth-order valence-corrected chi connectivity index (χ4v) is 2.60. The summed E-state index contributed by atoms with van der Waals surface area (Å²) in [7, 11) is 0. The lowest BCUT2D eigenvalue weighted by molar-refractivity contribution is 0.102. The van der Waals surface area contributed by atoms with Crippen molar-refractivity contribution in [1.29, 1.82) is 0 Å². The zero-order valence-corrected chi connectivity index (χ0v) is 14.3. The van der Waals surface area contributed by atoms with Gasteiger partial charge in [0.1, 0.15) is 0 Å². The molecule has 5 heteroatoms. The highest BCUT2D eigenvalue weighted by Crippen LogP contribution is 2.22. The Hall–Kier alpha value is -3.08. The molecule has 0 aliphatic heterocycles. The third-order valence-corrected chi connectivity index (χ3v) is 4.02. The summed E-state index contributed by atoms with van der Waals surface area (Å²) in [6.07, 6.45) is 7.55. The van der Waals surface area contributed by atoms with Gasteiger partial charge in [0, 0.05) is 36.2 Å². The minimum Gasteiger partial charge on any atom is -0.322 e. The van der Waals surface area contributed by atoms with E-state index in [2.05, 4.69) is 33.3 Å². The van der Waals surface area contributed by atoms with Gasteiger partial charge in [-0.25, -0.2) is 0 Å². The van der Waals surface area contributed by atoms with Gasteiger partial charge in [-0.3, -0.25) is 19.7 Å². The van der Waals surface area contributed by atoms with E-state index in [9.17, 15) is 4.79 Å². The van der Waals surface area contributed by atoms with Crippen molar-refractivity contribution in [2.24, 2.45) is 0 Å². The smallest absolute Gasteiger partial charge is 0.257 e. The molecule has 0 unspecified atom stereocenters. The lowest BCUT2D eigenvalue weighted by Gasteiger charge is -2.13. The normalized spacial score (nSPS) is 11.8. The van der Waals surface area contributed by atoms with E-state index in [0.29, 0.717) is 5.56 Å². The summed E-state index contributed by atoms with van der Waals surface area (Å²) in [6, 6.07) is 11.5. The number of nitrogens with one attached hydrogen (secondary N) is 1. The average Bonchev–Trinajstić information content (AvgIpc) is 2.63. The molecule has 0 radical (unpaired) electrons. The first kappa shape index (κ1) is 16.8. The number of anilines is 1. The van der Waals surface area contributed by atoms with E-state index in [1.807, 2.05) is 31.2 Å². The van der Waals surface area contributed by atoms with Gasteiger partial charge in [-0.1, -0.05) is 19.1 Å². The van der Waals surface area contributed by atoms with Crippen LogP contribution in [0.5, 0.6) is 0 Å². The number of hydrogen-bond acceptors (Lipinski definition) is 4. The van der Waals surface area contributed by atoms with Crippen LogP contribution in [0.1, 0.15) is 40.2 Å². The topological polar surface area (TPSA) is 67.8 Å². The van der Waals surface area contributed by atoms with Crippen molar-refractivity contribution in [3.05, 3.63) is 83.7 Å². The van der Waals surface area contributed by atoms with Crippen LogP contribution in [0, 0.1) is 6.92 Å². The van der Waals surface area contributed by atoms with Crippen molar-refractivity contribution < 1.29 is 4.79 Å². The Morgan fingerprint density at radius 1 is 1.12 bits per heavy atom. The van der Waals surface area contributed by atoms with Crippen LogP contribution in [-0.2, 0) is 6.42 Å². The Bertz CT molecular complexity index is 847. The molecule has 1 atom stereocenters. The first-order valence-electron chi connectivity index (χ1n) is 8.20. The van der Waals surface area contributed by atoms with Crippen LogP contribution in [-0.4, -0.2) is 20.9 Å². The summed E-state index contributed by atoms with van der Waals surface area (Å²) in [5.41, 5.74) is 4.30. The van der Waals surface area contributed by atoms with Gasteiger partial charge >= 0.3 is 0 Å². The molecule has 126 valence electrons. The van der Waals surface area contributed by atoms with Gasteiger partial charge in [-0.15, -0.1) is 0 Å². The molecule has 0 fully saturated rings. The Kier molecular flexibility index (Phi) is 5.14. The maximum atomic E-state index is 12.3. The van der Waals surface area contributed by atoms with Crippen molar-refractivity contribution >= 4 is 11.6 Å². The molecule has 3 aromatic rings. The van der Waals surface area contributed by atoms with Crippen LogP contribution in [0.3, 0.4) is 0 Å². The molecule has 5 nitrogen and oxygen atoms in total. The van der Waals surface area contributed by atoms with Crippen LogP contribution in [0.25, 0.3) is 0 Å². The first-order valence-corrected chi connectivity index (χ1v) is 8.20.